The molecule has 1 N–H and O–H groups in total. The lowest BCUT2D eigenvalue weighted by molar-refractivity contribution is 0.625. The average molecular weight is 420 g/mol. The summed E-state index contributed by atoms with van der Waals surface area (Å²) in [5, 5.41) is 11.2. The van der Waals surface area contributed by atoms with Crippen LogP contribution in [0.4, 0.5) is 10.1 Å². The van der Waals surface area contributed by atoms with Crippen LogP contribution in [-0.4, -0.2) is 35.2 Å². The normalized spacial score (nSPS) is 11.2. The number of anilines is 1. The van der Waals surface area contributed by atoms with Crippen molar-refractivity contribution >= 4 is 40.0 Å². The SMILES string of the molecule is CN(C)c1ccc(-c2n[nH]c(=S)n2N=Cc2cc(Br)ccc2F)cc1. The van der Waals surface area contributed by atoms with Crippen LogP contribution in [0, 0.1) is 10.6 Å². The van der Waals surface area contributed by atoms with Crippen LogP contribution in [0.3, 0.4) is 0 Å². The Morgan fingerprint density at radius 3 is 2.64 bits per heavy atom. The molecule has 3 rings (SSSR count). The van der Waals surface area contributed by atoms with Crippen LogP contribution in [0.5, 0.6) is 0 Å². The monoisotopic (exact) mass is 419 g/mol. The third kappa shape index (κ3) is 3.85. The van der Waals surface area contributed by atoms with Gasteiger partial charge >= 0.3 is 0 Å². The quantitative estimate of drug-likeness (QED) is 0.501. The first-order chi connectivity index (χ1) is 12.0. The predicted molar refractivity (Wildman–Crippen MR) is 104 cm³/mol. The lowest BCUT2D eigenvalue weighted by Gasteiger charge is -2.12. The lowest BCUT2D eigenvalue weighted by atomic mass is 10.2. The molecule has 0 aliphatic carbocycles. The first-order valence-corrected chi connectivity index (χ1v) is 8.60. The Morgan fingerprint density at radius 2 is 1.96 bits per heavy atom. The third-order valence-corrected chi connectivity index (χ3v) is 4.32. The third-order valence-electron chi connectivity index (χ3n) is 3.56. The van der Waals surface area contributed by atoms with Crippen molar-refractivity contribution in [3.63, 3.8) is 0 Å². The van der Waals surface area contributed by atoms with Gasteiger partial charge in [-0.2, -0.15) is 14.9 Å². The molecule has 0 aliphatic rings. The molecular formula is C17H15BrFN5S. The van der Waals surface area contributed by atoms with Gasteiger partial charge in [-0.15, -0.1) is 0 Å². The van der Waals surface area contributed by atoms with Crippen LogP contribution in [0.25, 0.3) is 11.4 Å². The fourth-order valence-electron chi connectivity index (χ4n) is 2.23. The van der Waals surface area contributed by atoms with E-state index in [1.54, 1.807) is 12.1 Å². The highest BCUT2D eigenvalue weighted by atomic mass is 79.9. The van der Waals surface area contributed by atoms with Crippen molar-refractivity contribution in [2.75, 3.05) is 19.0 Å². The number of benzene rings is 2. The topological polar surface area (TPSA) is 49.2 Å². The number of hydrogen-bond acceptors (Lipinski definition) is 4. The van der Waals surface area contributed by atoms with Crippen molar-refractivity contribution in [2.45, 2.75) is 0 Å². The average Bonchev–Trinajstić information content (AvgIpc) is 2.96. The summed E-state index contributed by atoms with van der Waals surface area (Å²) in [6, 6.07) is 12.5. The first kappa shape index (κ1) is 17.5. The molecule has 0 atom stereocenters. The molecule has 3 aromatic rings. The molecule has 2 aromatic carbocycles. The van der Waals surface area contributed by atoms with E-state index in [0.29, 0.717) is 16.2 Å². The van der Waals surface area contributed by atoms with Gasteiger partial charge in [-0.05, 0) is 54.7 Å². The molecule has 8 heteroatoms. The van der Waals surface area contributed by atoms with Crippen LogP contribution in [-0.2, 0) is 0 Å². The fraction of sp³-hybridized carbons (Fsp3) is 0.118. The molecule has 5 nitrogen and oxygen atoms in total. The van der Waals surface area contributed by atoms with Gasteiger partial charge in [-0.25, -0.2) is 9.49 Å². The van der Waals surface area contributed by atoms with Gasteiger partial charge in [0.25, 0.3) is 0 Å². The summed E-state index contributed by atoms with van der Waals surface area (Å²) in [4.78, 5) is 2.01. The largest absolute Gasteiger partial charge is 0.378 e. The van der Waals surface area contributed by atoms with Gasteiger partial charge < -0.3 is 4.90 Å². The van der Waals surface area contributed by atoms with Crippen LogP contribution >= 0.6 is 28.1 Å². The van der Waals surface area contributed by atoms with Crippen molar-refractivity contribution in [1.82, 2.24) is 14.9 Å². The van der Waals surface area contributed by atoms with Crippen molar-refractivity contribution in [3.8, 4) is 11.4 Å². The molecule has 0 spiro atoms. The van der Waals surface area contributed by atoms with Gasteiger partial charge in [0.2, 0.25) is 4.77 Å². The molecule has 0 saturated carbocycles. The van der Waals surface area contributed by atoms with E-state index in [0.717, 1.165) is 15.7 Å². The molecule has 0 radical (unpaired) electrons. The highest BCUT2D eigenvalue weighted by molar-refractivity contribution is 9.10. The van der Waals surface area contributed by atoms with Crippen molar-refractivity contribution in [1.29, 1.82) is 0 Å². The molecule has 128 valence electrons. The molecule has 1 aromatic heterocycles. The maximum atomic E-state index is 13.9. The maximum absolute atomic E-state index is 13.9. The molecule has 0 unspecified atom stereocenters. The van der Waals surface area contributed by atoms with Crippen LogP contribution in [0.15, 0.2) is 52.0 Å². The number of nitrogens with one attached hydrogen (secondary N) is 1. The minimum Gasteiger partial charge on any atom is -0.378 e. The first-order valence-electron chi connectivity index (χ1n) is 7.40. The highest BCUT2D eigenvalue weighted by Crippen LogP contribution is 2.21. The van der Waals surface area contributed by atoms with Crippen molar-refractivity contribution in [3.05, 3.63) is 63.1 Å². The van der Waals surface area contributed by atoms with Crippen LogP contribution in [0.1, 0.15) is 5.56 Å². The molecular weight excluding hydrogens is 405 g/mol. The minimum atomic E-state index is -0.362. The lowest BCUT2D eigenvalue weighted by Crippen LogP contribution is -2.08. The Kier molecular flexibility index (Phi) is 5.10. The molecule has 0 fully saturated rings. The zero-order valence-corrected chi connectivity index (χ0v) is 16.0. The number of aromatic amines is 1. The Hall–Kier alpha value is -2.32. The summed E-state index contributed by atoms with van der Waals surface area (Å²) in [6.45, 7) is 0. The smallest absolute Gasteiger partial charge is 0.216 e. The Morgan fingerprint density at radius 1 is 1.24 bits per heavy atom. The number of hydrogen-bond donors (Lipinski definition) is 1. The highest BCUT2D eigenvalue weighted by Gasteiger charge is 2.09. The summed E-state index contributed by atoms with van der Waals surface area (Å²) in [5.74, 6) is 0.195. The molecule has 0 amide bonds. The van der Waals surface area contributed by atoms with E-state index in [2.05, 4.69) is 31.2 Å². The molecule has 0 saturated heterocycles. The molecule has 1 heterocycles. The fourth-order valence-corrected chi connectivity index (χ4v) is 2.79. The Bertz CT molecular complexity index is 975. The van der Waals surface area contributed by atoms with Crippen molar-refractivity contribution in [2.24, 2.45) is 5.10 Å². The number of halogens is 2. The second-order valence-electron chi connectivity index (χ2n) is 5.52. The molecule has 0 aliphatic heterocycles. The summed E-state index contributed by atoms with van der Waals surface area (Å²) >= 11 is 8.55. The van der Waals surface area contributed by atoms with Gasteiger partial charge in [0.1, 0.15) is 5.82 Å². The van der Waals surface area contributed by atoms with E-state index in [-0.39, 0.29) is 5.82 Å². The Labute approximate surface area is 157 Å². The zero-order valence-electron chi connectivity index (χ0n) is 13.6. The van der Waals surface area contributed by atoms with Crippen LogP contribution in [0.2, 0.25) is 0 Å². The van der Waals surface area contributed by atoms with E-state index >= 15 is 0 Å². The molecule has 25 heavy (non-hydrogen) atoms. The standard InChI is InChI=1S/C17H15BrFN5S/c1-23(2)14-6-3-11(4-7-14)16-21-22-17(25)24(16)20-10-12-9-13(18)5-8-15(12)19/h3-10H,1-2H3,(H,22,25). The van der Waals surface area contributed by atoms with Crippen molar-refractivity contribution < 1.29 is 4.39 Å². The summed E-state index contributed by atoms with van der Waals surface area (Å²) < 4.78 is 16.4. The zero-order chi connectivity index (χ0) is 18.0. The number of nitrogens with zero attached hydrogens (tertiary/aromatic N) is 4. The van der Waals surface area contributed by atoms with E-state index in [4.69, 9.17) is 12.2 Å². The molecule has 0 bridgehead atoms. The van der Waals surface area contributed by atoms with Crippen LogP contribution < -0.4 is 4.90 Å². The second-order valence-corrected chi connectivity index (χ2v) is 6.82. The van der Waals surface area contributed by atoms with Gasteiger partial charge in [-0.1, -0.05) is 15.9 Å². The summed E-state index contributed by atoms with van der Waals surface area (Å²) in [6.07, 6.45) is 1.42. The van der Waals surface area contributed by atoms with E-state index in [1.165, 1.54) is 17.0 Å². The van der Waals surface area contributed by atoms with Gasteiger partial charge in [-0.3, -0.25) is 0 Å². The predicted octanol–water partition coefficient (Wildman–Crippen LogP) is 4.46. The number of aromatic nitrogens is 3. The Balaban J connectivity index is 1.98. The van der Waals surface area contributed by atoms with Gasteiger partial charge in [0.15, 0.2) is 5.82 Å². The number of H-pyrrole nitrogens is 1. The second kappa shape index (κ2) is 7.28. The summed E-state index contributed by atoms with van der Waals surface area (Å²) in [7, 11) is 3.95. The summed E-state index contributed by atoms with van der Waals surface area (Å²) in [5.41, 5.74) is 2.28. The van der Waals surface area contributed by atoms with Gasteiger partial charge in [0, 0.05) is 35.4 Å². The van der Waals surface area contributed by atoms with E-state index in [9.17, 15) is 4.39 Å². The van der Waals surface area contributed by atoms with E-state index < -0.39 is 0 Å². The maximum Gasteiger partial charge on any atom is 0.216 e. The van der Waals surface area contributed by atoms with Gasteiger partial charge in [0.05, 0.1) is 6.21 Å². The number of rotatable bonds is 4. The van der Waals surface area contributed by atoms with E-state index in [1.807, 2.05) is 43.3 Å². The minimum absolute atomic E-state index is 0.332.